The zero-order valence-electron chi connectivity index (χ0n) is 17.8. The van der Waals surface area contributed by atoms with Gasteiger partial charge >= 0.3 is 0 Å². The van der Waals surface area contributed by atoms with Crippen molar-refractivity contribution in [3.8, 4) is 21.8 Å². The van der Waals surface area contributed by atoms with Gasteiger partial charge in [-0.3, -0.25) is 4.79 Å². The monoisotopic (exact) mass is 464 g/mol. The van der Waals surface area contributed by atoms with Gasteiger partial charge in [0, 0.05) is 44.0 Å². The smallest absolute Gasteiger partial charge is 0.222 e. The highest BCUT2D eigenvalue weighted by atomic mass is 32.1. The summed E-state index contributed by atoms with van der Waals surface area (Å²) < 4.78 is 0. The minimum absolute atomic E-state index is 0.125. The third-order valence-corrected chi connectivity index (χ3v) is 7.43. The molecule has 3 aromatic heterocycles. The molecule has 1 fully saturated rings. The topological polar surface area (TPSA) is 69.6 Å². The van der Waals surface area contributed by atoms with Gasteiger partial charge in [-0.15, -0.1) is 22.7 Å². The lowest BCUT2D eigenvalue weighted by molar-refractivity contribution is -0.128. The molecule has 0 bridgehead atoms. The molecule has 1 atom stereocenters. The Morgan fingerprint density at radius 2 is 2.00 bits per heavy atom. The number of thiophene rings is 2. The second-order valence-electron chi connectivity index (χ2n) is 8.02. The zero-order valence-corrected chi connectivity index (χ0v) is 19.4. The highest BCUT2D eigenvalue weighted by Crippen LogP contribution is 2.39. The van der Waals surface area contributed by atoms with E-state index in [1.165, 1.54) is 0 Å². The lowest BCUT2D eigenvalue weighted by atomic mass is 10.1. The minimum atomic E-state index is -0.656. The van der Waals surface area contributed by atoms with Crippen LogP contribution in [0, 0.1) is 0 Å². The van der Waals surface area contributed by atoms with Crippen molar-refractivity contribution < 1.29 is 9.90 Å². The van der Waals surface area contributed by atoms with Crippen molar-refractivity contribution in [1.29, 1.82) is 0 Å². The molecule has 32 heavy (non-hydrogen) atoms. The van der Waals surface area contributed by atoms with Gasteiger partial charge in [0.05, 0.1) is 16.4 Å². The number of hydrogen-bond donors (Lipinski definition) is 1. The molecule has 4 aromatic rings. The van der Waals surface area contributed by atoms with Crippen LogP contribution in [-0.2, 0) is 4.79 Å². The SMILES string of the molecule is CN(C[C@@H](O)CN1CCCC1=O)c1nc(-c2cccs2)nc2scc(-c3ccccc3)c12. The van der Waals surface area contributed by atoms with Crippen LogP contribution in [0.4, 0.5) is 5.82 Å². The van der Waals surface area contributed by atoms with Gasteiger partial charge < -0.3 is 14.9 Å². The van der Waals surface area contributed by atoms with Gasteiger partial charge in [-0.05, 0) is 23.4 Å². The Morgan fingerprint density at radius 3 is 2.72 bits per heavy atom. The Balaban J connectivity index is 1.53. The number of fused-ring (bicyclic) bond motifs is 1. The summed E-state index contributed by atoms with van der Waals surface area (Å²) in [5.74, 6) is 1.62. The Hall–Kier alpha value is -2.81. The number of likely N-dealkylation sites (N-methyl/N-ethyl adjacent to an activating group) is 1. The third kappa shape index (κ3) is 4.13. The van der Waals surface area contributed by atoms with E-state index in [-0.39, 0.29) is 5.91 Å². The number of amides is 1. The predicted octanol–water partition coefficient (Wildman–Crippen LogP) is 4.51. The summed E-state index contributed by atoms with van der Waals surface area (Å²) in [6.45, 7) is 1.46. The molecular weight excluding hydrogens is 440 g/mol. The van der Waals surface area contributed by atoms with Crippen LogP contribution in [0.3, 0.4) is 0 Å². The zero-order chi connectivity index (χ0) is 22.1. The third-order valence-electron chi connectivity index (χ3n) is 5.69. The first-order valence-electron chi connectivity index (χ1n) is 10.7. The van der Waals surface area contributed by atoms with E-state index in [0.29, 0.717) is 25.3 Å². The van der Waals surface area contributed by atoms with E-state index in [9.17, 15) is 9.90 Å². The van der Waals surface area contributed by atoms with E-state index in [2.05, 4.69) is 17.5 Å². The number of aliphatic hydroxyl groups is 1. The number of aliphatic hydroxyl groups excluding tert-OH is 1. The Kier molecular flexibility index (Phi) is 5.91. The largest absolute Gasteiger partial charge is 0.389 e. The van der Waals surface area contributed by atoms with Crippen molar-refractivity contribution in [3.63, 3.8) is 0 Å². The molecule has 1 amide bonds. The summed E-state index contributed by atoms with van der Waals surface area (Å²) in [7, 11) is 1.95. The molecule has 0 unspecified atom stereocenters. The predicted molar refractivity (Wildman–Crippen MR) is 131 cm³/mol. The van der Waals surface area contributed by atoms with Gasteiger partial charge in [0.25, 0.3) is 0 Å². The summed E-state index contributed by atoms with van der Waals surface area (Å²) >= 11 is 3.22. The molecule has 1 N–H and O–H groups in total. The molecule has 6 nitrogen and oxygen atoms in total. The number of anilines is 1. The second kappa shape index (κ2) is 8.97. The van der Waals surface area contributed by atoms with Crippen molar-refractivity contribution in [3.05, 3.63) is 53.2 Å². The molecule has 8 heteroatoms. The maximum atomic E-state index is 12.0. The van der Waals surface area contributed by atoms with Crippen LogP contribution in [0.5, 0.6) is 0 Å². The van der Waals surface area contributed by atoms with Gasteiger partial charge in [0.1, 0.15) is 10.6 Å². The van der Waals surface area contributed by atoms with Crippen molar-refractivity contribution in [2.75, 3.05) is 31.6 Å². The van der Waals surface area contributed by atoms with Crippen LogP contribution in [0.15, 0.2) is 53.2 Å². The highest BCUT2D eigenvalue weighted by Gasteiger charge is 2.25. The summed E-state index contributed by atoms with van der Waals surface area (Å²) in [5.41, 5.74) is 2.21. The van der Waals surface area contributed by atoms with Gasteiger partial charge in [0.15, 0.2) is 5.82 Å². The summed E-state index contributed by atoms with van der Waals surface area (Å²) in [4.78, 5) is 27.4. The molecule has 0 saturated carbocycles. The highest BCUT2D eigenvalue weighted by molar-refractivity contribution is 7.17. The summed E-state index contributed by atoms with van der Waals surface area (Å²) in [6, 6.07) is 14.3. The molecule has 1 saturated heterocycles. The number of benzene rings is 1. The number of hydrogen-bond acceptors (Lipinski definition) is 7. The maximum absolute atomic E-state index is 12.0. The molecular formula is C24H24N4O2S2. The summed E-state index contributed by atoms with van der Waals surface area (Å²) in [6.07, 6.45) is 0.790. The molecule has 4 heterocycles. The standard InChI is InChI=1S/C24H24N4O2S2/c1-27(13-17(29)14-28-11-5-10-20(28)30)23-21-18(16-7-3-2-4-8-16)15-32-24(21)26-22(25-23)19-9-6-12-31-19/h2-4,6-9,12,15,17,29H,5,10-11,13-14H2,1H3/t17-/m1/s1. The lowest BCUT2D eigenvalue weighted by Crippen LogP contribution is -2.39. The molecule has 5 rings (SSSR count). The number of likely N-dealkylation sites (tertiary alicyclic amines) is 1. The molecule has 1 aliphatic heterocycles. The molecule has 0 radical (unpaired) electrons. The fourth-order valence-electron chi connectivity index (χ4n) is 4.16. The quantitative estimate of drug-likeness (QED) is 0.436. The second-order valence-corrected chi connectivity index (χ2v) is 9.83. The molecule has 1 aliphatic rings. The van der Waals surface area contributed by atoms with Crippen LogP contribution in [-0.4, -0.2) is 58.7 Å². The Morgan fingerprint density at radius 1 is 1.16 bits per heavy atom. The van der Waals surface area contributed by atoms with Gasteiger partial charge in [-0.2, -0.15) is 0 Å². The maximum Gasteiger partial charge on any atom is 0.222 e. The average Bonchev–Trinajstić information content (AvgIpc) is 3.55. The first kappa shape index (κ1) is 21.1. The van der Waals surface area contributed by atoms with Crippen molar-refractivity contribution >= 4 is 44.6 Å². The van der Waals surface area contributed by atoms with Crippen molar-refractivity contribution in [2.24, 2.45) is 0 Å². The van der Waals surface area contributed by atoms with E-state index in [4.69, 9.17) is 9.97 Å². The molecule has 0 spiro atoms. The number of nitrogens with zero attached hydrogens (tertiary/aromatic N) is 4. The van der Waals surface area contributed by atoms with Crippen molar-refractivity contribution in [1.82, 2.24) is 14.9 Å². The van der Waals surface area contributed by atoms with Crippen LogP contribution in [0.25, 0.3) is 32.0 Å². The lowest BCUT2D eigenvalue weighted by Gasteiger charge is -2.26. The van der Waals surface area contributed by atoms with Crippen LogP contribution in [0.1, 0.15) is 12.8 Å². The Labute approximate surface area is 194 Å². The van der Waals surface area contributed by atoms with E-state index in [0.717, 1.165) is 45.0 Å². The van der Waals surface area contributed by atoms with E-state index in [1.807, 2.05) is 47.7 Å². The summed E-state index contributed by atoms with van der Waals surface area (Å²) in [5, 5.41) is 15.9. The van der Waals surface area contributed by atoms with Gasteiger partial charge in [-0.25, -0.2) is 9.97 Å². The van der Waals surface area contributed by atoms with Crippen LogP contribution < -0.4 is 4.90 Å². The normalized spacial score (nSPS) is 14.9. The average molecular weight is 465 g/mol. The van der Waals surface area contributed by atoms with Crippen LogP contribution in [0.2, 0.25) is 0 Å². The van der Waals surface area contributed by atoms with E-state index >= 15 is 0 Å². The van der Waals surface area contributed by atoms with E-state index < -0.39 is 6.10 Å². The Bertz CT molecular complexity index is 1220. The number of carbonyl (C=O) groups is 1. The first-order valence-corrected chi connectivity index (χ1v) is 12.4. The fraction of sp³-hybridized carbons (Fsp3) is 0.292. The molecule has 1 aromatic carbocycles. The number of β-amino-alcohol motifs (C(OH)–C–C–N with tert-alkyl or cyclic N) is 1. The number of carbonyl (C=O) groups excluding carboxylic acids is 1. The van der Waals surface area contributed by atoms with Gasteiger partial charge in [-0.1, -0.05) is 36.4 Å². The molecule has 164 valence electrons. The fourth-order valence-corrected chi connectivity index (χ4v) is 5.76. The molecule has 0 aliphatic carbocycles. The van der Waals surface area contributed by atoms with Gasteiger partial charge in [0.2, 0.25) is 5.91 Å². The van der Waals surface area contributed by atoms with Crippen molar-refractivity contribution in [2.45, 2.75) is 18.9 Å². The van der Waals surface area contributed by atoms with E-state index in [1.54, 1.807) is 27.6 Å². The first-order chi connectivity index (χ1) is 15.6. The number of aromatic nitrogens is 2. The van der Waals surface area contributed by atoms with Crippen LogP contribution >= 0.6 is 22.7 Å². The number of rotatable bonds is 7. The minimum Gasteiger partial charge on any atom is -0.389 e.